The topological polar surface area (TPSA) is 66.5 Å². The summed E-state index contributed by atoms with van der Waals surface area (Å²) in [5, 5.41) is 2.03. The number of sulfonamides is 1. The van der Waals surface area contributed by atoms with Crippen LogP contribution in [0.1, 0.15) is 26.3 Å². The molecule has 0 heterocycles. The molecule has 0 aliphatic heterocycles. The van der Waals surface area contributed by atoms with E-state index in [1.165, 1.54) is 24.3 Å². The van der Waals surface area contributed by atoms with Gasteiger partial charge in [-0.25, -0.2) is 8.42 Å². The van der Waals surface area contributed by atoms with Gasteiger partial charge in [-0.05, 0) is 51.1 Å². The van der Waals surface area contributed by atoms with Gasteiger partial charge in [-0.15, -0.1) is 0 Å². The second-order valence-corrected chi connectivity index (χ2v) is 9.55. The molecule has 10 heteroatoms. The molecule has 2 aromatic rings. The molecule has 0 spiro atoms. The average molecular weight is 449 g/mol. The number of benzene rings is 2. The summed E-state index contributed by atoms with van der Waals surface area (Å²) in [5.74, 6) is -0.666. The van der Waals surface area contributed by atoms with Crippen molar-refractivity contribution in [2.24, 2.45) is 0 Å². The Kier molecular flexibility index (Phi) is 6.54. The Morgan fingerprint density at radius 1 is 1.07 bits per heavy atom. The summed E-state index contributed by atoms with van der Waals surface area (Å²) in [7, 11) is -4.32. The number of rotatable bonds is 5. The molecule has 0 saturated carbocycles. The molecule has 1 N–H and O–H groups in total. The molecular formula is C19H20ClF3N2O3S. The standard InChI is InChI=1S/C19H20ClF3N2O3S/c1-18(2,3)24-17(26)12-25(29(27,28)14-7-5-4-6-8-14)13-9-10-16(20)15(11-13)19(21,22)23/h4-11H,12H2,1-3H3,(H,24,26). The summed E-state index contributed by atoms with van der Waals surface area (Å²) in [6.45, 7) is 4.40. The van der Waals surface area contributed by atoms with Gasteiger partial charge in [0, 0.05) is 5.54 Å². The first kappa shape index (κ1) is 23.0. The molecule has 0 atom stereocenters. The van der Waals surface area contributed by atoms with Gasteiger partial charge in [-0.3, -0.25) is 9.10 Å². The highest BCUT2D eigenvalue weighted by Gasteiger charge is 2.35. The number of amides is 1. The maximum Gasteiger partial charge on any atom is 0.417 e. The number of nitrogens with one attached hydrogen (secondary N) is 1. The Labute approximate surface area is 172 Å². The molecule has 0 aliphatic carbocycles. The van der Waals surface area contributed by atoms with Gasteiger partial charge in [0.15, 0.2) is 0 Å². The highest BCUT2D eigenvalue weighted by molar-refractivity contribution is 7.92. The number of carbonyl (C=O) groups is 1. The summed E-state index contributed by atoms with van der Waals surface area (Å²) in [6, 6.07) is 9.84. The molecule has 29 heavy (non-hydrogen) atoms. The number of halogens is 4. The Morgan fingerprint density at radius 2 is 1.66 bits per heavy atom. The first-order valence-electron chi connectivity index (χ1n) is 8.47. The van der Waals surface area contributed by atoms with E-state index < -0.39 is 44.8 Å². The van der Waals surface area contributed by atoms with Gasteiger partial charge < -0.3 is 5.32 Å². The van der Waals surface area contributed by atoms with Crippen molar-refractivity contribution < 1.29 is 26.4 Å². The van der Waals surface area contributed by atoms with Gasteiger partial charge in [0.25, 0.3) is 10.0 Å². The molecule has 0 aliphatic rings. The van der Waals surface area contributed by atoms with Gasteiger partial charge in [0.2, 0.25) is 5.91 Å². The van der Waals surface area contributed by atoms with Crippen LogP contribution in [0.4, 0.5) is 18.9 Å². The number of nitrogens with zero attached hydrogens (tertiary/aromatic N) is 1. The second-order valence-electron chi connectivity index (χ2n) is 7.28. The van der Waals surface area contributed by atoms with Gasteiger partial charge >= 0.3 is 6.18 Å². The van der Waals surface area contributed by atoms with E-state index in [1.807, 2.05) is 0 Å². The summed E-state index contributed by atoms with van der Waals surface area (Å²) < 4.78 is 66.7. The van der Waals surface area contributed by atoms with Crippen molar-refractivity contribution in [2.75, 3.05) is 10.8 Å². The van der Waals surface area contributed by atoms with Crippen LogP contribution in [-0.4, -0.2) is 26.4 Å². The fraction of sp³-hybridized carbons (Fsp3) is 0.316. The van der Waals surface area contributed by atoms with Crippen molar-refractivity contribution in [1.29, 1.82) is 0 Å². The van der Waals surface area contributed by atoms with E-state index in [2.05, 4.69) is 5.32 Å². The van der Waals surface area contributed by atoms with Crippen LogP contribution in [0.25, 0.3) is 0 Å². The summed E-state index contributed by atoms with van der Waals surface area (Å²) >= 11 is 5.64. The smallest absolute Gasteiger partial charge is 0.350 e. The van der Waals surface area contributed by atoms with Crippen LogP contribution in [0, 0.1) is 0 Å². The van der Waals surface area contributed by atoms with E-state index in [4.69, 9.17) is 11.6 Å². The van der Waals surface area contributed by atoms with Crippen LogP contribution in [0.2, 0.25) is 5.02 Å². The van der Waals surface area contributed by atoms with Crippen LogP contribution >= 0.6 is 11.6 Å². The van der Waals surface area contributed by atoms with Crippen molar-refractivity contribution in [3.8, 4) is 0 Å². The Balaban J connectivity index is 2.58. The van der Waals surface area contributed by atoms with Crippen molar-refractivity contribution in [3.63, 3.8) is 0 Å². The van der Waals surface area contributed by atoms with E-state index >= 15 is 0 Å². The fourth-order valence-corrected chi connectivity index (χ4v) is 4.17. The molecule has 0 radical (unpaired) electrons. The van der Waals surface area contributed by atoms with E-state index in [0.29, 0.717) is 10.4 Å². The molecule has 158 valence electrons. The summed E-state index contributed by atoms with van der Waals surface area (Å²) in [6.07, 6.45) is -4.79. The summed E-state index contributed by atoms with van der Waals surface area (Å²) in [4.78, 5) is 12.2. The van der Waals surface area contributed by atoms with Gasteiger partial charge in [-0.1, -0.05) is 29.8 Å². The molecule has 0 unspecified atom stereocenters. The van der Waals surface area contributed by atoms with Gasteiger partial charge in [-0.2, -0.15) is 13.2 Å². The van der Waals surface area contributed by atoms with Crippen molar-refractivity contribution in [2.45, 2.75) is 37.4 Å². The zero-order valence-corrected chi connectivity index (χ0v) is 17.5. The van der Waals surface area contributed by atoms with Crippen LogP contribution < -0.4 is 9.62 Å². The molecule has 0 saturated heterocycles. The Morgan fingerprint density at radius 3 is 2.17 bits per heavy atom. The molecule has 0 fully saturated rings. The minimum atomic E-state index is -4.79. The van der Waals surface area contributed by atoms with Crippen molar-refractivity contribution >= 4 is 33.2 Å². The highest BCUT2D eigenvalue weighted by Crippen LogP contribution is 2.38. The van der Waals surface area contributed by atoms with Gasteiger partial charge in [0.1, 0.15) is 6.54 Å². The lowest BCUT2D eigenvalue weighted by molar-refractivity contribution is -0.137. The molecular weight excluding hydrogens is 429 g/mol. The zero-order chi connectivity index (χ0) is 22.0. The SMILES string of the molecule is CC(C)(C)NC(=O)CN(c1ccc(Cl)c(C(F)(F)F)c1)S(=O)(=O)c1ccccc1. The molecule has 0 bridgehead atoms. The zero-order valence-electron chi connectivity index (χ0n) is 15.9. The predicted octanol–water partition coefficient (Wildman–Crippen LogP) is 4.47. The second kappa shape index (κ2) is 8.23. The fourth-order valence-electron chi connectivity index (χ4n) is 2.51. The predicted molar refractivity (Wildman–Crippen MR) is 105 cm³/mol. The maximum absolute atomic E-state index is 13.3. The van der Waals surface area contributed by atoms with Crippen LogP contribution in [0.5, 0.6) is 0 Å². The average Bonchev–Trinajstić information content (AvgIpc) is 2.58. The van der Waals surface area contributed by atoms with Gasteiger partial charge in [0.05, 0.1) is 21.2 Å². The lowest BCUT2D eigenvalue weighted by atomic mass is 10.1. The van der Waals surface area contributed by atoms with E-state index in [9.17, 15) is 26.4 Å². The number of alkyl halides is 3. The molecule has 5 nitrogen and oxygen atoms in total. The van der Waals surface area contributed by atoms with E-state index in [-0.39, 0.29) is 10.6 Å². The Hall–Kier alpha value is -2.26. The lowest BCUT2D eigenvalue weighted by Crippen LogP contribution is -2.47. The normalized spacial score (nSPS) is 12.5. The molecule has 0 aromatic heterocycles. The van der Waals surface area contributed by atoms with Crippen LogP contribution in [-0.2, 0) is 21.0 Å². The first-order valence-corrected chi connectivity index (χ1v) is 10.3. The van der Waals surface area contributed by atoms with E-state index in [1.54, 1.807) is 26.8 Å². The molecule has 2 aromatic carbocycles. The molecule has 2 rings (SSSR count). The maximum atomic E-state index is 13.3. The molecule has 1 amide bonds. The monoisotopic (exact) mass is 448 g/mol. The van der Waals surface area contributed by atoms with Crippen molar-refractivity contribution in [1.82, 2.24) is 5.32 Å². The minimum Gasteiger partial charge on any atom is -0.350 e. The van der Waals surface area contributed by atoms with Crippen molar-refractivity contribution in [3.05, 3.63) is 59.1 Å². The highest BCUT2D eigenvalue weighted by atomic mass is 35.5. The largest absolute Gasteiger partial charge is 0.417 e. The lowest BCUT2D eigenvalue weighted by Gasteiger charge is -2.27. The summed E-state index contributed by atoms with van der Waals surface area (Å²) in [5.41, 5.74) is -2.17. The first-order chi connectivity index (χ1) is 13.2. The van der Waals surface area contributed by atoms with E-state index in [0.717, 1.165) is 12.1 Å². The number of anilines is 1. The van der Waals surface area contributed by atoms with Crippen LogP contribution in [0.3, 0.4) is 0 Å². The quantitative estimate of drug-likeness (QED) is 0.734. The third-order valence-corrected chi connectivity index (χ3v) is 5.79. The third-order valence-electron chi connectivity index (χ3n) is 3.68. The third kappa shape index (κ3) is 5.86. The Bertz CT molecular complexity index is 988. The van der Waals surface area contributed by atoms with Crippen LogP contribution in [0.15, 0.2) is 53.4 Å². The minimum absolute atomic E-state index is 0.160. The number of carbonyl (C=O) groups excluding carboxylic acids is 1. The number of hydrogen-bond acceptors (Lipinski definition) is 3. The number of hydrogen-bond donors (Lipinski definition) is 1.